The maximum atomic E-state index is 5.92. The summed E-state index contributed by atoms with van der Waals surface area (Å²) in [6.45, 7) is 5.18. The summed E-state index contributed by atoms with van der Waals surface area (Å²) in [5.41, 5.74) is 0. The first-order valence-electron chi connectivity index (χ1n) is 6.60. The summed E-state index contributed by atoms with van der Waals surface area (Å²) in [4.78, 5) is 1.33. The Morgan fingerprint density at radius 1 is 1.21 bits per heavy atom. The van der Waals surface area contributed by atoms with E-state index in [0.29, 0.717) is 0 Å². The topological polar surface area (TPSA) is 25.2 Å². The minimum absolute atomic E-state index is 0.176. The van der Waals surface area contributed by atoms with Crippen LogP contribution in [0.15, 0.2) is 34.1 Å². The number of fused-ring (bicyclic) bond motifs is 1. The third-order valence-electron chi connectivity index (χ3n) is 3.17. The lowest BCUT2D eigenvalue weighted by atomic mass is 10.2. The highest BCUT2D eigenvalue weighted by atomic mass is 32.1. The van der Waals surface area contributed by atoms with E-state index < -0.39 is 0 Å². The van der Waals surface area contributed by atoms with Crippen LogP contribution in [0.4, 0.5) is 0 Å². The van der Waals surface area contributed by atoms with Gasteiger partial charge in [0.05, 0.1) is 0 Å². The predicted octanol–water partition coefficient (Wildman–Crippen LogP) is 4.82. The standard InChI is InChI=1S/C15H17NOS2/c1-3-10-5-6-11(17-10)15(16-4-2)14-9-13-12(19-14)7-8-18-13/h5-9,15-16H,3-4H2,1-2H3. The molecule has 3 rings (SSSR count). The highest BCUT2D eigenvalue weighted by molar-refractivity contribution is 7.27. The van der Waals surface area contributed by atoms with Crippen molar-refractivity contribution in [1.29, 1.82) is 0 Å². The van der Waals surface area contributed by atoms with Gasteiger partial charge in [-0.05, 0) is 36.2 Å². The van der Waals surface area contributed by atoms with Crippen LogP contribution in [0.5, 0.6) is 0 Å². The minimum Gasteiger partial charge on any atom is -0.464 e. The lowest BCUT2D eigenvalue weighted by Crippen LogP contribution is -2.20. The molecule has 19 heavy (non-hydrogen) atoms. The lowest BCUT2D eigenvalue weighted by Gasteiger charge is -2.13. The van der Waals surface area contributed by atoms with Gasteiger partial charge in [-0.25, -0.2) is 0 Å². The van der Waals surface area contributed by atoms with Crippen molar-refractivity contribution in [3.8, 4) is 0 Å². The highest BCUT2D eigenvalue weighted by Crippen LogP contribution is 2.36. The molecule has 0 aliphatic carbocycles. The second kappa shape index (κ2) is 5.49. The van der Waals surface area contributed by atoms with Crippen molar-refractivity contribution in [2.45, 2.75) is 26.3 Å². The second-order valence-corrected chi connectivity index (χ2v) is 6.51. The van der Waals surface area contributed by atoms with Gasteiger partial charge in [0.2, 0.25) is 0 Å². The van der Waals surface area contributed by atoms with Gasteiger partial charge >= 0.3 is 0 Å². The van der Waals surface area contributed by atoms with E-state index in [4.69, 9.17) is 4.42 Å². The Bertz CT molecular complexity index is 636. The van der Waals surface area contributed by atoms with Gasteiger partial charge in [0, 0.05) is 20.7 Å². The number of hydrogen-bond donors (Lipinski definition) is 1. The zero-order valence-electron chi connectivity index (χ0n) is 11.1. The van der Waals surface area contributed by atoms with Crippen LogP contribution in [0, 0.1) is 0 Å². The Morgan fingerprint density at radius 2 is 2.11 bits per heavy atom. The molecule has 1 N–H and O–H groups in total. The third-order valence-corrected chi connectivity index (χ3v) is 5.32. The average molecular weight is 291 g/mol. The molecular weight excluding hydrogens is 274 g/mol. The van der Waals surface area contributed by atoms with E-state index in [0.717, 1.165) is 24.5 Å². The molecule has 0 aliphatic heterocycles. The average Bonchev–Trinajstić information content (AvgIpc) is 3.10. The predicted molar refractivity (Wildman–Crippen MR) is 83.3 cm³/mol. The molecule has 3 aromatic heterocycles. The molecule has 0 radical (unpaired) electrons. The van der Waals surface area contributed by atoms with E-state index in [9.17, 15) is 0 Å². The number of rotatable bonds is 5. The summed E-state index contributed by atoms with van der Waals surface area (Å²) in [6.07, 6.45) is 0.943. The maximum Gasteiger partial charge on any atom is 0.126 e. The van der Waals surface area contributed by atoms with Gasteiger partial charge in [-0.2, -0.15) is 0 Å². The van der Waals surface area contributed by atoms with Crippen molar-refractivity contribution in [3.63, 3.8) is 0 Å². The van der Waals surface area contributed by atoms with Crippen LogP contribution < -0.4 is 5.32 Å². The molecule has 0 saturated heterocycles. The van der Waals surface area contributed by atoms with Crippen LogP contribution in [0.2, 0.25) is 0 Å². The molecule has 2 nitrogen and oxygen atoms in total. The van der Waals surface area contributed by atoms with Crippen molar-refractivity contribution in [2.75, 3.05) is 6.54 Å². The van der Waals surface area contributed by atoms with Gasteiger partial charge in [-0.15, -0.1) is 22.7 Å². The summed E-state index contributed by atoms with van der Waals surface area (Å²) in [5.74, 6) is 2.07. The fourth-order valence-corrected chi connectivity index (χ4v) is 4.42. The minimum atomic E-state index is 0.176. The Labute approximate surface area is 121 Å². The molecule has 0 aromatic carbocycles. The van der Waals surface area contributed by atoms with Gasteiger partial charge < -0.3 is 9.73 Å². The van der Waals surface area contributed by atoms with E-state index in [1.807, 2.05) is 11.3 Å². The van der Waals surface area contributed by atoms with Gasteiger partial charge in [-0.1, -0.05) is 13.8 Å². The van der Waals surface area contributed by atoms with Gasteiger partial charge in [-0.3, -0.25) is 0 Å². The van der Waals surface area contributed by atoms with Crippen molar-refractivity contribution < 1.29 is 4.42 Å². The van der Waals surface area contributed by atoms with E-state index in [-0.39, 0.29) is 6.04 Å². The zero-order valence-corrected chi connectivity index (χ0v) is 12.7. The van der Waals surface area contributed by atoms with E-state index in [1.54, 1.807) is 11.3 Å². The molecule has 1 unspecified atom stereocenters. The summed E-state index contributed by atoms with van der Waals surface area (Å²) in [7, 11) is 0. The third kappa shape index (κ3) is 2.48. The summed E-state index contributed by atoms with van der Waals surface area (Å²) >= 11 is 3.65. The molecule has 3 aromatic rings. The SMILES string of the molecule is CCNC(c1ccc(CC)o1)c1cc2sccc2s1. The van der Waals surface area contributed by atoms with Crippen molar-refractivity contribution >= 4 is 32.1 Å². The lowest BCUT2D eigenvalue weighted by molar-refractivity contribution is 0.428. The number of aryl methyl sites for hydroxylation is 1. The highest BCUT2D eigenvalue weighted by Gasteiger charge is 2.19. The summed E-state index contributed by atoms with van der Waals surface area (Å²) in [5, 5.41) is 5.67. The molecule has 3 heterocycles. The molecular formula is C15H17NOS2. The molecule has 0 saturated carbocycles. The summed E-state index contributed by atoms with van der Waals surface area (Å²) < 4.78 is 8.65. The van der Waals surface area contributed by atoms with E-state index in [2.05, 4.69) is 48.8 Å². The molecule has 0 amide bonds. The first-order valence-corrected chi connectivity index (χ1v) is 8.30. The Kier molecular flexibility index (Phi) is 3.73. The van der Waals surface area contributed by atoms with Crippen LogP contribution >= 0.6 is 22.7 Å². The molecule has 4 heteroatoms. The van der Waals surface area contributed by atoms with Crippen LogP contribution in [0.3, 0.4) is 0 Å². The monoisotopic (exact) mass is 291 g/mol. The van der Waals surface area contributed by atoms with Crippen LogP contribution in [0.25, 0.3) is 9.40 Å². The first kappa shape index (κ1) is 12.9. The molecule has 1 atom stereocenters. The zero-order chi connectivity index (χ0) is 13.2. The molecule has 0 aliphatic rings. The van der Waals surface area contributed by atoms with Crippen molar-refractivity contribution in [1.82, 2.24) is 5.32 Å². The van der Waals surface area contributed by atoms with Gasteiger partial charge in [0.1, 0.15) is 17.6 Å². The first-order chi connectivity index (χ1) is 9.31. The molecule has 0 fully saturated rings. The largest absolute Gasteiger partial charge is 0.464 e. The number of thiophene rings is 2. The number of nitrogens with one attached hydrogen (secondary N) is 1. The number of furan rings is 1. The van der Waals surface area contributed by atoms with Gasteiger partial charge in [0.15, 0.2) is 0 Å². The maximum absolute atomic E-state index is 5.92. The molecule has 0 bridgehead atoms. The van der Waals surface area contributed by atoms with Crippen molar-refractivity contribution in [2.24, 2.45) is 0 Å². The fraction of sp³-hybridized carbons (Fsp3) is 0.333. The molecule has 0 spiro atoms. The van der Waals surface area contributed by atoms with E-state index in [1.165, 1.54) is 14.3 Å². The normalized spacial score (nSPS) is 13.2. The fourth-order valence-electron chi connectivity index (χ4n) is 2.21. The second-order valence-electron chi connectivity index (χ2n) is 4.45. The quantitative estimate of drug-likeness (QED) is 0.729. The Morgan fingerprint density at radius 3 is 2.79 bits per heavy atom. The molecule has 100 valence electrons. The van der Waals surface area contributed by atoms with E-state index >= 15 is 0 Å². The van der Waals surface area contributed by atoms with Crippen molar-refractivity contribution in [3.05, 3.63) is 46.0 Å². The van der Waals surface area contributed by atoms with Gasteiger partial charge in [0.25, 0.3) is 0 Å². The Balaban J connectivity index is 1.97. The van der Waals surface area contributed by atoms with Crippen LogP contribution in [-0.2, 0) is 6.42 Å². The Hall–Kier alpha value is -1.10. The van der Waals surface area contributed by atoms with Crippen LogP contribution in [0.1, 0.15) is 36.3 Å². The van der Waals surface area contributed by atoms with Crippen LogP contribution in [-0.4, -0.2) is 6.54 Å². The number of hydrogen-bond acceptors (Lipinski definition) is 4. The summed E-state index contributed by atoms with van der Waals surface area (Å²) in [6, 6.07) is 8.83. The smallest absolute Gasteiger partial charge is 0.126 e.